The van der Waals surface area contributed by atoms with E-state index in [9.17, 15) is 4.79 Å². The molecule has 0 saturated carbocycles. The van der Waals surface area contributed by atoms with Crippen LogP contribution in [0, 0.1) is 6.92 Å². The molecule has 1 N–H and O–H groups in total. The fourth-order valence-corrected chi connectivity index (χ4v) is 3.87. The highest BCUT2D eigenvalue weighted by Crippen LogP contribution is 2.14. The highest BCUT2D eigenvalue weighted by Gasteiger charge is 2.16. The first-order valence-electron chi connectivity index (χ1n) is 11.4. The molecule has 1 aliphatic heterocycles. The van der Waals surface area contributed by atoms with Gasteiger partial charge in [0.15, 0.2) is 6.61 Å². The second-order valence-corrected chi connectivity index (χ2v) is 8.26. The van der Waals surface area contributed by atoms with E-state index in [1.165, 1.54) is 5.56 Å². The zero-order valence-electron chi connectivity index (χ0n) is 19.1. The monoisotopic (exact) mass is 449 g/mol. The van der Waals surface area contributed by atoms with Gasteiger partial charge in [0.05, 0.1) is 0 Å². The highest BCUT2D eigenvalue weighted by atomic mass is 16.5. The number of hydrogen-bond acceptors (Lipinski definition) is 7. The van der Waals surface area contributed by atoms with Gasteiger partial charge >= 0.3 is 0 Å². The molecule has 1 saturated heterocycles. The molecule has 0 spiro atoms. The average molecular weight is 450 g/mol. The third kappa shape index (κ3) is 7.13. The third-order valence-corrected chi connectivity index (χ3v) is 5.70. The van der Waals surface area contributed by atoms with Gasteiger partial charge in [0.1, 0.15) is 5.75 Å². The molecule has 4 rings (SSSR count). The normalized spacial score (nSPS) is 14.8. The van der Waals surface area contributed by atoms with Crippen molar-refractivity contribution in [3.05, 3.63) is 77.4 Å². The molecule has 1 aromatic heterocycles. The van der Waals surface area contributed by atoms with Crippen LogP contribution in [-0.2, 0) is 13.2 Å². The van der Waals surface area contributed by atoms with E-state index in [0.717, 1.165) is 45.7 Å². The third-order valence-electron chi connectivity index (χ3n) is 5.70. The largest absolute Gasteiger partial charge is 0.485 e. The van der Waals surface area contributed by atoms with E-state index in [2.05, 4.69) is 55.6 Å². The number of ether oxygens (including phenoxy) is 1. The van der Waals surface area contributed by atoms with Crippen LogP contribution < -0.4 is 10.1 Å². The summed E-state index contributed by atoms with van der Waals surface area (Å²) in [5, 5.41) is 6.80. The molecule has 33 heavy (non-hydrogen) atoms. The minimum absolute atomic E-state index is 0.0666. The second kappa shape index (κ2) is 11.6. The summed E-state index contributed by atoms with van der Waals surface area (Å²) in [6.45, 7) is 8.97. The summed E-state index contributed by atoms with van der Waals surface area (Å²) in [5.74, 6) is 1.58. The van der Waals surface area contributed by atoms with Crippen LogP contribution in [0.1, 0.15) is 34.1 Å². The number of hydrogen-bond donors (Lipinski definition) is 1. The van der Waals surface area contributed by atoms with E-state index in [1.54, 1.807) is 31.2 Å². The maximum atomic E-state index is 12.4. The van der Waals surface area contributed by atoms with Crippen molar-refractivity contribution >= 4 is 5.91 Å². The van der Waals surface area contributed by atoms with Gasteiger partial charge in [-0.2, -0.15) is 4.98 Å². The molecule has 0 atom stereocenters. The summed E-state index contributed by atoms with van der Waals surface area (Å²) in [4.78, 5) is 21.5. The van der Waals surface area contributed by atoms with Crippen molar-refractivity contribution in [2.75, 3.05) is 39.3 Å². The molecule has 1 amide bonds. The summed E-state index contributed by atoms with van der Waals surface area (Å²) in [5.41, 5.74) is 1.99. The highest BCUT2D eigenvalue weighted by molar-refractivity contribution is 5.94. The molecule has 3 aromatic rings. The Hall–Kier alpha value is -3.23. The van der Waals surface area contributed by atoms with Gasteiger partial charge in [-0.25, -0.2) is 0 Å². The number of carbonyl (C=O) groups excluding carboxylic acids is 1. The number of nitrogens with one attached hydrogen (secondary N) is 1. The van der Waals surface area contributed by atoms with Gasteiger partial charge in [0.25, 0.3) is 5.91 Å². The second-order valence-electron chi connectivity index (χ2n) is 8.26. The Bertz CT molecular complexity index is 998. The smallest absolute Gasteiger partial charge is 0.251 e. The molecule has 0 bridgehead atoms. The van der Waals surface area contributed by atoms with Gasteiger partial charge < -0.3 is 19.5 Å². The van der Waals surface area contributed by atoms with Crippen molar-refractivity contribution in [1.82, 2.24) is 25.3 Å². The molecular formula is C25H31N5O3. The van der Waals surface area contributed by atoms with E-state index < -0.39 is 0 Å². The minimum atomic E-state index is -0.0666. The van der Waals surface area contributed by atoms with E-state index in [1.807, 2.05) is 0 Å². The van der Waals surface area contributed by atoms with E-state index in [4.69, 9.17) is 9.26 Å². The lowest BCUT2D eigenvalue weighted by molar-refractivity contribution is 0.0947. The first kappa shape index (κ1) is 22.9. The van der Waals surface area contributed by atoms with Crippen LogP contribution in [0.2, 0.25) is 0 Å². The van der Waals surface area contributed by atoms with Gasteiger partial charge in [-0.15, -0.1) is 0 Å². The van der Waals surface area contributed by atoms with E-state index in [-0.39, 0.29) is 12.5 Å². The number of aryl methyl sites for hydroxylation is 1. The summed E-state index contributed by atoms with van der Waals surface area (Å²) >= 11 is 0. The van der Waals surface area contributed by atoms with E-state index >= 15 is 0 Å². The molecule has 2 heterocycles. The number of nitrogens with zero attached hydrogens (tertiary/aromatic N) is 4. The van der Waals surface area contributed by atoms with E-state index in [0.29, 0.717) is 29.6 Å². The molecule has 2 aromatic carbocycles. The Balaban J connectivity index is 1.10. The lowest BCUT2D eigenvalue weighted by Gasteiger charge is -2.34. The summed E-state index contributed by atoms with van der Waals surface area (Å²) in [6, 6.07) is 17.7. The molecule has 0 aliphatic carbocycles. The van der Waals surface area contributed by atoms with Crippen LogP contribution in [0.3, 0.4) is 0 Å². The number of carbonyl (C=O) groups is 1. The predicted molar refractivity (Wildman–Crippen MR) is 125 cm³/mol. The molecule has 1 aliphatic rings. The Morgan fingerprint density at radius 1 is 1.03 bits per heavy atom. The van der Waals surface area contributed by atoms with Crippen LogP contribution in [0.5, 0.6) is 5.75 Å². The number of piperazine rings is 1. The quantitative estimate of drug-likeness (QED) is 0.477. The summed E-state index contributed by atoms with van der Waals surface area (Å²) in [7, 11) is 0. The Labute approximate surface area is 194 Å². The van der Waals surface area contributed by atoms with Crippen LogP contribution >= 0.6 is 0 Å². The molecule has 8 heteroatoms. The SMILES string of the molecule is Cc1nc(COc2ccc(C(=O)NCCCN3CCN(Cc4ccccc4)CC3)cc2)no1. The van der Waals surface area contributed by atoms with Crippen molar-refractivity contribution in [2.45, 2.75) is 26.5 Å². The first-order chi connectivity index (χ1) is 16.2. The Kier molecular flexibility index (Phi) is 8.05. The number of amides is 1. The van der Waals surface area contributed by atoms with Crippen LogP contribution in [0.25, 0.3) is 0 Å². The van der Waals surface area contributed by atoms with Gasteiger partial charge in [0, 0.05) is 51.8 Å². The van der Waals surface area contributed by atoms with Gasteiger partial charge in [-0.1, -0.05) is 35.5 Å². The van der Waals surface area contributed by atoms with Crippen LogP contribution in [0.15, 0.2) is 59.1 Å². The fourth-order valence-electron chi connectivity index (χ4n) is 3.87. The summed E-state index contributed by atoms with van der Waals surface area (Å²) < 4.78 is 10.5. The maximum absolute atomic E-state index is 12.4. The zero-order valence-corrected chi connectivity index (χ0v) is 19.1. The first-order valence-corrected chi connectivity index (χ1v) is 11.4. The number of aromatic nitrogens is 2. The molecule has 174 valence electrons. The Morgan fingerprint density at radius 2 is 1.76 bits per heavy atom. The minimum Gasteiger partial charge on any atom is -0.485 e. The molecular weight excluding hydrogens is 418 g/mol. The van der Waals surface area contributed by atoms with Gasteiger partial charge in [0.2, 0.25) is 11.7 Å². The molecule has 1 fully saturated rings. The summed E-state index contributed by atoms with van der Waals surface area (Å²) in [6.07, 6.45) is 0.940. The predicted octanol–water partition coefficient (Wildman–Crippen LogP) is 2.89. The topological polar surface area (TPSA) is 83.7 Å². The molecule has 0 radical (unpaired) electrons. The molecule has 0 unspecified atom stereocenters. The van der Waals surface area contributed by atoms with Crippen molar-refractivity contribution in [3.63, 3.8) is 0 Å². The maximum Gasteiger partial charge on any atom is 0.251 e. The van der Waals surface area contributed by atoms with Crippen molar-refractivity contribution in [3.8, 4) is 5.75 Å². The van der Waals surface area contributed by atoms with Gasteiger partial charge in [-0.3, -0.25) is 9.69 Å². The standard InChI is InChI=1S/C25H31N5O3/c1-20-27-24(28-33-20)19-32-23-10-8-22(9-11-23)25(31)26-12-5-13-29-14-16-30(17-15-29)18-21-6-3-2-4-7-21/h2-4,6-11H,5,12-19H2,1H3,(H,26,31). The zero-order chi connectivity index (χ0) is 22.9. The lowest BCUT2D eigenvalue weighted by Crippen LogP contribution is -2.46. The lowest BCUT2D eigenvalue weighted by atomic mass is 10.2. The van der Waals surface area contributed by atoms with Crippen LogP contribution in [0.4, 0.5) is 0 Å². The van der Waals surface area contributed by atoms with Crippen molar-refractivity contribution in [2.24, 2.45) is 0 Å². The number of benzene rings is 2. The van der Waals surface area contributed by atoms with Crippen molar-refractivity contribution in [1.29, 1.82) is 0 Å². The number of rotatable bonds is 10. The average Bonchev–Trinajstić information content (AvgIpc) is 3.27. The van der Waals surface area contributed by atoms with Crippen LogP contribution in [-0.4, -0.2) is 65.1 Å². The fraction of sp³-hybridized carbons (Fsp3) is 0.400. The van der Waals surface area contributed by atoms with Crippen molar-refractivity contribution < 1.29 is 14.1 Å². The van der Waals surface area contributed by atoms with Gasteiger partial charge in [-0.05, 0) is 42.8 Å². The molecule has 8 nitrogen and oxygen atoms in total. The Morgan fingerprint density at radius 3 is 2.45 bits per heavy atom.